The Kier molecular flexibility index (Phi) is 2.18. The zero-order chi connectivity index (χ0) is 20.2. The molecule has 3 nitrogen and oxygen atoms in total. The van der Waals surface area contributed by atoms with Gasteiger partial charge >= 0.3 is 0 Å². The summed E-state index contributed by atoms with van der Waals surface area (Å²) in [5.41, 5.74) is -1.49. The average molecular weight is 309 g/mol. The van der Waals surface area contributed by atoms with Crippen molar-refractivity contribution in [1.29, 1.82) is 0 Å². The number of fused-ring (bicyclic) bond motifs is 5. The predicted octanol–water partition coefficient (Wildman–Crippen LogP) is 2.85. The van der Waals surface area contributed by atoms with E-state index in [1.165, 1.54) is 0 Å². The Labute approximate surface area is 139 Å². The summed E-state index contributed by atoms with van der Waals surface area (Å²) in [4.78, 5) is 12.4. The Hall–Kier alpha value is -0.670. The molecule has 0 aliphatic heterocycles. The van der Waals surface area contributed by atoms with Crippen molar-refractivity contribution in [2.45, 2.75) is 70.9 Å². The Morgan fingerprint density at radius 1 is 1.27 bits per heavy atom. The molecule has 22 heavy (non-hydrogen) atoms. The molecule has 2 N–H and O–H groups in total. The topological polar surface area (TPSA) is 57.5 Å². The molecule has 0 bridgehead atoms. The van der Waals surface area contributed by atoms with Crippen LogP contribution in [0.4, 0.5) is 0 Å². The van der Waals surface area contributed by atoms with Crippen LogP contribution in [-0.4, -0.2) is 28.2 Å². The van der Waals surface area contributed by atoms with Crippen molar-refractivity contribution in [3.8, 4) is 0 Å². The van der Waals surface area contributed by atoms with Crippen LogP contribution in [0.3, 0.4) is 0 Å². The van der Waals surface area contributed by atoms with E-state index >= 15 is 0 Å². The molecule has 4 aliphatic carbocycles. The van der Waals surface area contributed by atoms with Crippen LogP contribution in [0.15, 0.2) is 11.6 Å². The van der Waals surface area contributed by atoms with E-state index in [2.05, 4.69) is 0 Å². The maximum Gasteiger partial charge on any atom is 0.155 e. The minimum Gasteiger partial charge on any atom is -0.393 e. The van der Waals surface area contributed by atoms with Gasteiger partial charge in [0.2, 0.25) is 0 Å². The van der Waals surface area contributed by atoms with Crippen LogP contribution in [0, 0.1) is 28.6 Å². The van der Waals surface area contributed by atoms with E-state index in [-0.39, 0.29) is 30.3 Å². The van der Waals surface area contributed by atoms with E-state index in [1.807, 2.05) is 6.92 Å². The quantitative estimate of drug-likeness (QED) is 0.723. The number of rotatable bonds is 0. The SMILES string of the molecule is [2H]C1=C2C([2H])([2H])C[C@@H]3[C@H]([C@@H](O)C[C@]4(C)[C@@H](O)CC[C@@H]34)[C@@]2(C)CC([2H])([2H])C1=O. The van der Waals surface area contributed by atoms with Crippen molar-refractivity contribution in [2.75, 3.05) is 0 Å². The Balaban J connectivity index is 1.90. The van der Waals surface area contributed by atoms with E-state index in [9.17, 15) is 15.0 Å². The number of allylic oxidation sites excluding steroid dienone is 1. The lowest BCUT2D eigenvalue weighted by Crippen LogP contribution is -2.57. The molecule has 4 rings (SSSR count). The van der Waals surface area contributed by atoms with Crippen molar-refractivity contribution in [3.05, 3.63) is 11.6 Å². The first-order valence-electron chi connectivity index (χ1n) is 10.9. The molecule has 3 fully saturated rings. The third-order valence-electron chi connectivity index (χ3n) is 7.08. The van der Waals surface area contributed by atoms with Crippen LogP contribution in [0.2, 0.25) is 0 Å². The molecule has 0 aromatic carbocycles. The third-order valence-corrected chi connectivity index (χ3v) is 7.08. The molecule has 0 unspecified atom stereocenters. The average Bonchev–Trinajstić information content (AvgIpc) is 2.78. The first-order chi connectivity index (χ1) is 12.3. The largest absolute Gasteiger partial charge is 0.393 e. The first-order valence-corrected chi connectivity index (χ1v) is 8.38. The van der Waals surface area contributed by atoms with Gasteiger partial charge in [-0.2, -0.15) is 0 Å². The maximum absolute atomic E-state index is 12.4. The summed E-state index contributed by atoms with van der Waals surface area (Å²) in [6.45, 7) is 3.70. The van der Waals surface area contributed by atoms with Gasteiger partial charge in [0, 0.05) is 11.9 Å². The molecule has 0 aromatic rings. The number of aliphatic hydroxyl groups is 2. The summed E-state index contributed by atoms with van der Waals surface area (Å²) in [6, 6.07) is -0.552. The van der Waals surface area contributed by atoms with Gasteiger partial charge in [0.25, 0.3) is 0 Å². The highest BCUT2D eigenvalue weighted by Gasteiger charge is 2.61. The number of hydrogen-bond donors (Lipinski definition) is 2. The van der Waals surface area contributed by atoms with E-state index in [4.69, 9.17) is 6.85 Å². The summed E-state index contributed by atoms with van der Waals surface area (Å²) in [5.74, 6) is -1.53. The van der Waals surface area contributed by atoms with Crippen LogP contribution in [0.5, 0.6) is 0 Å². The van der Waals surface area contributed by atoms with Crippen molar-refractivity contribution >= 4 is 5.78 Å². The lowest BCUT2D eigenvalue weighted by atomic mass is 9.46. The van der Waals surface area contributed by atoms with Gasteiger partial charge in [0.15, 0.2) is 5.78 Å². The zero-order valence-electron chi connectivity index (χ0n) is 18.2. The van der Waals surface area contributed by atoms with Crippen molar-refractivity contribution in [1.82, 2.24) is 0 Å². The van der Waals surface area contributed by atoms with E-state index in [0.29, 0.717) is 12.8 Å². The van der Waals surface area contributed by atoms with Gasteiger partial charge < -0.3 is 10.2 Å². The second-order valence-electron chi connectivity index (χ2n) is 8.15. The van der Waals surface area contributed by atoms with Gasteiger partial charge in [-0.25, -0.2) is 0 Å². The van der Waals surface area contributed by atoms with Crippen molar-refractivity contribution in [2.24, 2.45) is 28.6 Å². The van der Waals surface area contributed by atoms with Crippen LogP contribution < -0.4 is 0 Å². The molecule has 0 spiro atoms. The second-order valence-corrected chi connectivity index (χ2v) is 8.15. The van der Waals surface area contributed by atoms with Gasteiger partial charge in [0.05, 0.1) is 13.6 Å². The molecule has 4 aliphatic rings. The maximum atomic E-state index is 12.4. The molecule has 3 heteroatoms. The fraction of sp³-hybridized carbons (Fsp3) is 0.842. The highest BCUT2D eigenvalue weighted by molar-refractivity contribution is 5.91. The predicted molar refractivity (Wildman–Crippen MR) is 84.1 cm³/mol. The highest BCUT2D eigenvalue weighted by atomic mass is 16.3. The monoisotopic (exact) mass is 309 g/mol. The third kappa shape index (κ3) is 1.78. The fourth-order valence-corrected chi connectivity index (χ4v) is 5.92. The van der Waals surface area contributed by atoms with Crippen LogP contribution in [0.25, 0.3) is 0 Å². The zero-order valence-corrected chi connectivity index (χ0v) is 13.2. The number of carbonyl (C=O) groups excluding carboxylic acids is 1. The fourth-order valence-electron chi connectivity index (χ4n) is 5.92. The Bertz CT molecular complexity index is 735. The molecule has 3 saturated carbocycles. The molecular formula is C19H28O3. The van der Waals surface area contributed by atoms with E-state index < -0.39 is 53.5 Å². The molecule has 0 saturated heterocycles. The van der Waals surface area contributed by atoms with Crippen molar-refractivity contribution in [3.63, 3.8) is 0 Å². The van der Waals surface area contributed by atoms with Gasteiger partial charge in [-0.05, 0) is 73.1 Å². The molecular weight excluding hydrogens is 276 g/mol. The molecule has 7 atom stereocenters. The summed E-state index contributed by atoms with van der Waals surface area (Å²) in [6.07, 6.45) is -3.81. The van der Waals surface area contributed by atoms with E-state index in [0.717, 1.165) is 6.42 Å². The lowest BCUT2D eigenvalue weighted by Gasteiger charge is -2.59. The summed E-state index contributed by atoms with van der Waals surface area (Å²) in [5, 5.41) is 21.6. The minimum absolute atomic E-state index is 0.0482. The minimum atomic E-state index is -2.23. The number of ketones is 1. The Morgan fingerprint density at radius 3 is 2.82 bits per heavy atom. The second kappa shape index (κ2) is 4.67. The highest BCUT2D eigenvalue weighted by Crippen LogP contribution is 2.65. The van der Waals surface area contributed by atoms with Crippen LogP contribution >= 0.6 is 0 Å². The summed E-state index contributed by atoms with van der Waals surface area (Å²) in [7, 11) is 0. The van der Waals surface area contributed by atoms with Crippen LogP contribution in [0.1, 0.15) is 65.6 Å². The van der Waals surface area contributed by atoms with E-state index in [1.54, 1.807) is 6.92 Å². The summed E-state index contributed by atoms with van der Waals surface area (Å²) < 4.78 is 41.9. The van der Waals surface area contributed by atoms with Gasteiger partial charge in [-0.1, -0.05) is 19.4 Å². The molecule has 0 aromatic heterocycles. The molecule has 0 heterocycles. The molecule has 0 amide bonds. The number of carbonyl (C=O) groups is 1. The normalized spacial score (nSPS) is 62.6. The molecule has 0 radical (unpaired) electrons. The number of hydrogen-bond acceptors (Lipinski definition) is 3. The lowest BCUT2D eigenvalue weighted by molar-refractivity contribution is -0.142. The Morgan fingerprint density at radius 2 is 2.05 bits per heavy atom. The molecule has 122 valence electrons. The van der Waals surface area contributed by atoms with Crippen LogP contribution in [-0.2, 0) is 4.79 Å². The van der Waals surface area contributed by atoms with Gasteiger partial charge in [0.1, 0.15) is 0 Å². The van der Waals surface area contributed by atoms with Gasteiger partial charge in [-0.15, -0.1) is 0 Å². The smallest absolute Gasteiger partial charge is 0.155 e. The van der Waals surface area contributed by atoms with Crippen molar-refractivity contribution < 1.29 is 21.9 Å². The standard InChI is InChI=1S/C19H28O3/c1-18-8-7-12(20)9-11(18)3-4-13-14-5-6-16(22)19(14,2)10-15(21)17(13)18/h9,13-17,21-22H,3-8,10H2,1-2H3/t13-,14-,15-,16-,17+,18-,19-/m0/s1/i3D2,7D2,9D. The van der Waals surface area contributed by atoms with Gasteiger partial charge in [-0.3, -0.25) is 4.79 Å². The first kappa shape index (κ1) is 10.2. The number of aliphatic hydroxyl groups excluding tert-OH is 2. The summed E-state index contributed by atoms with van der Waals surface area (Å²) >= 11 is 0.